The van der Waals surface area contributed by atoms with Crippen LogP contribution in [0, 0.1) is 40.4 Å². The predicted molar refractivity (Wildman–Crippen MR) is 95.2 cm³/mol. The van der Waals surface area contributed by atoms with Crippen LogP contribution in [0.5, 0.6) is 0 Å². The summed E-state index contributed by atoms with van der Waals surface area (Å²) in [6.45, 7) is 4.79. The van der Waals surface area contributed by atoms with Crippen LogP contribution in [0.15, 0.2) is 0 Å². The summed E-state index contributed by atoms with van der Waals surface area (Å²) < 4.78 is 0. The topological polar surface area (TPSA) is 80.9 Å². The van der Waals surface area contributed by atoms with Gasteiger partial charge in [-0.1, -0.05) is 26.7 Å². The predicted octanol–water partition coefficient (Wildman–Crippen LogP) is 3.03. The second-order valence-electron chi connectivity index (χ2n) is 10.3. The van der Waals surface area contributed by atoms with Gasteiger partial charge in [0.15, 0.2) is 0 Å². The van der Waals surface area contributed by atoms with Gasteiger partial charge in [-0.15, -0.1) is 0 Å². The molecule has 4 N–H and O–H groups in total. The highest BCUT2D eigenvalue weighted by Gasteiger charge is 2.62. The van der Waals surface area contributed by atoms with Crippen LogP contribution in [0.2, 0.25) is 0 Å². The summed E-state index contributed by atoms with van der Waals surface area (Å²) in [6, 6.07) is 0. The van der Waals surface area contributed by atoms with Crippen LogP contribution in [0.4, 0.5) is 0 Å². The maximum absolute atomic E-state index is 10.4. The molecule has 8 atom stereocenters. The summed E-state index contributed by atoms with van der Waals surface area (Å²) in [5.41, 5.74) is 0.409. The lowest BCUT2D eigenvalue weighted by molar-refractivity contribution is -0.368. The van der Waals surface area contributed by atoms with Crippen LogP contribution in [-0.2, 0) is 0 Å². The van der Waals surface area contributed by atoms with Crippen molar-refractivity contribution in [3.63, 3.8) is 0 Å². The highest BCUT2D eigenvalue weighted by molar-refractivity contribution is 5.10. The van der Waals surface area contributed by atoms with Crippen molar-refractivity contribution in [1.29, 1.82) is 0 Å². The normalized spacial score (nSPS) is 51.4. The third-order valence-electron chi connectivity index (χ3n) is 9.43. The van der Waals surface area contributed by atoms with E-state index in [4.69, 9.17) is 0 Å². The van der Waals surface area contributed by atoms with E-state index in [1.165, 1.54) is 44.9 Å². The highest BCUT2D eigenvalue weighted by atomic mass is 16.7. The molecule has 4 heteroatoms. The van der Waals surface area contributed by atoms with Gasteiger partial charge in [0.1, 0.15) is 6.10 Å². The van der Waals surface area contributed by atoms with E-state index in [0.29, 0.717) is 17.3 Å². The van der Waals surface area contributed by atoms with E-state index in [2.05, 4.69) is 13.8 Å². The van der Waals surface area contributed by atoms with E-state index < -0.39 is 12.1 Å². The van der Waals surface area contributed by atoms with E-state index in [9.17, 15) is 20.4 Å². The lowest BCUT2D eigenvalue weighted by Crippen LogP contribution is -2.55. The van der Waals surface area contributed by atoms with E-state index in [0.717, 1.165) is 31.1 Å². The molecule has 0 radical (unpaired) electrons. The Kier molecular flexibility index (Phi) is 4.31. The van der Waals surface area contributed by atoms with Crippen molar-refractivity contribution >= 4 is 0 Å². The lowest BCUT2D eigenvalue weighted by atomic mass is 9.44. The molecule has 0 heterocycles. The SMILES string of the molecule is C[C@]12CCCC[C@@H]1CC[C@@H]1[C@@H]2CC[C@]2(C)[C@@H](C(O)C(O)(O)O)CC[C@@H]12. The second kappa shape index (κ2) is 5.92. The van der Waals surface area contributed by atoms with Crippen molar-refractivity contribution < 1.29 is 20.4 Å². The molecule has 0 spiro atoms. The van der Waals surface area contributed by atoms with E-state index in [-0.39, 0.29) is 11.3 Å². The number of aliphatic hydroxyl groups is 4. The van der Waals surface area contributed by atoms with Gasteiger partial charge < -0.3 is 20.4 Å². The minimum absolute atomic E-state index is 0.0854. The number of aliphatic hydroxyl groups excluding tert-OH is 1. The minimum Gasteiger partial charge on any atom is -0.384 e. The van der Waals surface area contributed by atoms with E-state index >= 15 is 0 Å². The average Bonchev–Trinajstić information content (AvgIpc) is 2.89. The molecule has 0 amide bonds. The van der Waals surface area contributed by atoms with Crippen molar-refractivity contribution in [3.8, 4) is 0 Å². The van der Waals surface area contributed by atoms with Gasteiger partial charge in [-0.05, 0) is 91.8 Å². The number of rotatable bonds is 2. The lowest BCUT2D eigenvalue weighted by Gasteiger charge is -2.60. The first-order valence-corrected chi connectivity index (χ1v) is 10.5. The van der Waals surface area contributed by atoms with Crippen molar-refractivity contribution in [2.75, 3.05) is 0 Å². The quantitative estimate of drug-likeness (QED) is 0.576. The number of hydrogen-bond donors (Lipinski definition) is 4. The molecule has 0 bridgehead atoms. The Hall–Kier alpha value is -0.160. The molecular weight excluding hydrogens is 316 g/mol. The third-order valence-corrected chi connectivity index (χ3v) is 9.43. The van der Waals surface area contributed by atoms with E-state index in [1.807, 2.05) is 0 Å². The fourth-order valence-corrected chi connectivity index (χ4v) is 8.12. The summed E-state index contributed by atoms with van der Waals surface area (Å²) in [4.78, 5) is 0. The molecule has 4 aliphatic rings. The highest BCUT2D eigenvalue weighted by Crippen LogP contribution is 2.67. The zero-order valence-electron chi connectivity index (χ0n) is 15.8. The van der Waals surface area contributed by atoms with Gasteiger partial charge in [0, 0.05) is 0 Å². The molecule has 0 aromatic rings. The molecule has 4 saturated carbocycles. The summed E-state index contributed by atoms with van der Waals surface area (Å²) in [5, 5.41) is 39.0. The first-order chi connectivity index (χ1) is 11.7. The van der Waals surface area contributed by atoms with E-state index in [1.54, 1.807) is 0 Å². The van der Waals surface area contributed by atoms with Crippen LogP contribution < -0.4 is 0 Å². The number of hydrogen-bond acceptors (Lipinski definition) is 4. The summed E-state index contributed by atoms with van der Waals surface area (Å²) in [6.07, 6.45) is 10.8. The third kappa shape index (κ3) is 2.62. The minimum atomic E-state index is -2.98. The van der Waals surface area contributed by atoms with Gasteiger partial charge in [-0.3, -0.25) is 0 Å². The summed E-state index contributed by atoms with van der Waals surface area (Å²) >= 11 is 0. The van der Waals surface area contributed by atoms with Crippen LogP contribution in [-0.4, -0.2) is 32.5 Å². The van der Waals surface area contributed by atoms with Crippen LogP contribution >= 0.6 is 0 Å². The largest absolute Gasteiger partial charge is 0.384 e. The molecule has 4 rings (SSSR count). The smallest absolute Gasteiger partial charge is 0.303 e. The Labute approximate surface area is 151 Å². The molecule has 144 valence electrons. The summed E-state index contributed by atoms with van der Waals surface area (Å²) in [7, 11) is 0. The Morgan fingerprint density at radius 1 is 0.800 bits per heavy atom. The van der Waals surface area contributed by atoms with Crippen molar-refractivity contribution in [3.05, 3.63) is 0 Å². The standard InChI is InChI=1S/C21H36O4/c1-19-11-4-3-5-13(19)6-7-14-15-8-9-17(18(22)21(23,24)25)20(15,2)12-10-16(14)19/h13-18,22-25H,3-12H2,1-2H3/t13-,14+,15+,16+,17-,18?,19+,20+/m1/s1. The fourth-order valence-electron chi connectivity index (χ4n) is 8.12. The molecule has 0 aliphatic heterocycles. The molecule has 4 fully saturated rings. The molecule has 4 nitrogen and oxygen atoms in total. The molecule has 1 unspecified atom stereocenters. The molecule has 4 aliphatic carbocycles. The van der Waals surface area contributed by atoms with Gasteiger partial charge in [0.25, 0.3) is 0 Å². The van der Waals surface area contributed by atoms with Gasteiger partial charge in [0.05, 0.1) is 0 Å². The zero-order chi connectivity index (χ0) is 18.0. The Morgan fingerprint density at radius 2 is 1.52 bits per heavy atom. The maximum Gasteiger partial charge on any atom is 0.303 e. The zero-order valence-corrected chi connectivity index (χ0v) is 15.8. The molecule has 0 aromatic heterocycles. The van der Waals surface area contributed by atoms with Gasteiger partial charge in [-0.25, -0.2) is 0 Å². The first kappa shape index (κ1) is 18.2. The monoisotopic (exact) mass is 352 g/mol. The van der Waals surface area contributed by atoms with Gasteiger partial charge in [0.2, 0.25) is 0 Å². The molecular formula is C21H36O4. The van der Waals surface area contributed by atoms with Gasteiger partial charge in [-0.2, -0.15) is 0 Å². The Bertz CT molecular complexity index is 515. The molecule has 0 saturated heterocycles. The summed E-state index contributed by atoms with van der Waals surface area (Å²) in [5.74, 6) is -0.256. The van der Waals surface area contributed by atoms with Crippen molar-refractivity contribution in [2.24, 2.45) is 40.4 Å². The average molecular weight is 353 g/mol. The Morgan fingerprint density at radius 3 is 2.24 bits per heavy atom. The van der Waals surface area contributed by atoms with Crippen molar-refractivity contribution in [2.45, 2.75) is 90.1 Å². The molecule has 0 aromatic carbocycles. The first-order valence-electron chi connectivity index (χ1n) is 10.5. The van der Waals surface area contributed by atoms with Crippen LogP contribution in [0.25, 0.3) is 0 Å². The fraction of sp³-hybridized carbons (Fsp3) is 1.00. The van der Waals surface area contributed by atoms with Crippen LogP contribution in [0.3, 0.4) is 0 Å². The number of fused-ring (bicyclic) bond motifs is 5. The molecule has 25 heavy (non-hydrogen) atoms. The van der Waals surface area contributed by atoms with Crippen molar-refractivity contribution in [1.82, 2.24) is 0 Å². The maximum atomic E-state index is 10.4. The Balaban J connectivity index is 1.59. The van der Waals surface area contributed by atoms with Crippen LogP contribution in [0.1, 0.15) is 78.1 Å². The van der Waals surface area contributed by atoms with Gasteiger partial charge >= 0.3 is 5.97 Å². The second-order valence-corrected chi connectivity index (χ2v) is 10.3.